The molecule has 0 saturated carbocycles. The van der Waals surface area contributed by atoms with E-state index in [0.717, 1.165) is 68.5 Å². The molecule has 3 aromatic carbocycles. The van der Waals surface area contributed by atoms with Gasteiger partial charge in [-0.3, -0.25) is 9.80 Å². The number of ether oxygens (including phenoxy) is 2. The molecule has 2 fully saturated rings. The van der Waals surface area contributed by atoms with Crippen LogP contribution in [0.1, 0.15) is 103 Å². The van der Waals surface area contributed by atoms with E-state index in [-0.39, 0.29) is 24.3 Å². The van der Waals surface area contributed by atoms with Gasteiger partial charge in [0.2, 0.25) is 0 Å². The zero-order valence-corrected chi connectivity index (χ0v) is 30.2. The average molecular weight is 675 g/mol. The van der Waals surface area contributed by atoms with Gasteiger partial charge in [0, 0.05) is 29.6 Å². The molecule has 7 rings (SSSR count). The first-order valence-corrected chi connectivity index (χ1v) is 17.5. The molecule has 0 aliphatic carbocycles. The highest BCUT2D eigenvalue weighted by molar-refractivity contribution is 6.04. The number of nitrogens with zero attached hydrogens (tertiary/aromatic N) is 4. The Morgan fingerprint density at radius 1 is 0.720 bits per heavy atom. The van der Waals surface area contributed by atoms with Crippen molar-refractivity contribution in [3.8, 4) is 11.8 Å². The van der Waals surface area contributed by atoms with Crippen LogP contribution in [0.2, 0.25) is 0 Å². The Labute approximate surface area is 292 Å². The molecule has 0 spiro atoms. The van der Waals surface area contributed by atoms with E-state index in [0.29, 0.717) is 24.9 Å². The van der Waals surface area contributed by atoms with E-state index >= 15 is 0 Å². The van der Waals surface area contributed by atoms with Gasteiger partial charge in [-0.05, 0) is 108 Å². The van der Waals surface area contributed by atoms with Gasteiger partial charge in [0.15, 0.2) is 0 Å². The molecule has 4 atom stereocenters. The summed E-state index contributed by atoms with van der Waals surface area (Å²) in [5.41, 5.74) is 4.17. The molecule has 50 heavy (non-hydrogen) atoms. The van der Waals surface area contributed by atoms with Crippen LogP contribution < -0.4 is 0 Å². The largest absolute Gasteiger partial charge is 0.444 e. The molecule has 2 aliphatic heterocycles. The Morgan fingerprint density at radius 3 is 1.86 bits per heavy atom. The second-order valence-corrected chi connectivity index (χ2v) is 16.1. The fourth-order valence-corrected chi connectivity index (χ4v) is 7.12. The van der Waals surface area contributed by atoms with E-state index in [1.165, 1.54) is 0 Å². The highest BCUT2D eigenvalue weighted by Gasteiger charge is 2.39. The summed E-state index contributed by atoms with van der Waals surface area (Å²) < 4.78 is 11.4. The van der Waals surface area contributed by atoms with Crippen LogP contribution in [0.15, 0.2) is 48.5 Å². The van der Waals surface area contributed by atoms with Crippen LogP contribution in [0.5, 0.6) is 0 Å². The molecule has 5 aromatic rings. The van der Waals surface area contributed by atoms with Gasteiger partial charge >= 0.3 is 12.2 Å². The molecular formula is C40H46N6O4. The monoisotopic (exact) mass is 674 g/mol. The summed E-state index contributed by atoms with van der Waals surface area (Å²) in [7, 11) is 0. The molecule has 0 radical (unpaired) electrons. The fraction of sp³-hybridized carbons (Fsp3) is 0.450. The number of aromatic nitrogens is 4. The molecule has 2 aromatic heterocycles. The lowest BCUT2D eigenvalue weighted by Gasteiger charge is -2.27. The number of amides is 2. The van der Waals surface area contributed by atoms with Crippen molar-refractivity contribution in [2.75, 3.05) is 13.1 Å². The van der Waals surface area contributed by atoms with Gasteiger partial charge in [0.1, 0.15) is 22.9 Å². The summed E-state index contributed by atoms with van der Waals surface area (Å²) >= 11 is 0. The second kappa shape index (κ2) is 12.4. The van der Waals surface area contributed by atoms with Crippen molar-refractivity contribution in [3.63, 3.8) is 0 Å². The predicted octanol–water partition coefficient (Wildman–Crippen LogP) is 8.63. The quantitative estimate of drug-likeness (QED) is 0.181. The predicted molar refractivity (Wildman–Crippen MR) is 195 cm³/mol. The average Bonchev–Trinajstić information content (AvgIpc) is 3.81. The summed E-state index contributed by atoms with van der Waals surface area (Å²) in [5.74, 6) is 8.89. The molecule has 0 unspecified atom stereocenters. The molecule has 260 valence electrons. The fourth-order valence-electron chi connectivity index (χ4n) is 7.12. The van der Waals surface area contributed by atoms with Crippen LogP contribution in [0.3, 0.4) is 0 Å². The van der Waals surface area contributed by atoms with E-state index in [1.807, 2.05) is 71.9 Å². The Morgan fingerprint density at radius 2 is 1.26 bits per heavy atom. The third-order valence-electron chi connectivity index (χ3n) is 9.25. The zero-order valence-electron chi connectivity index (χ0n) is 30.2. The third-order valence-corrected chi connectivity index (χ3v) is 9.25. The number of imidazole rings is 2. The third kappa shape index (κ3) is 6.87. The number of likely N-dealkylation sites (tertiary alicyclic amines) is 2. The van der Waals surface area contributed by atoms with Crippen molar-refractivity contribution >= 4 is 45.0 Å². The van der Waals surface area contributed by atoms with Crippen LogP contribution in [-0.4, -0.2) is 66.2 Å². The highest BCUT2D eigenvalue weighted by atomic mass is 16.6. The smallest absolute Gasteiger partial charge is 0.410 e. The van der Waals surface area contributed by atoms with E-state index in [9.17, 15) is 9.59 Å². The Balaban J connectivity index is 1.11. The lowest BCUT2D eigenvalue weighted by atomic mass is 10.1. The number of aromatic amines is 2. The van der Waals surface area contributed by atoms with E-state index in [4.69, 9.17) is 19.4 Å². The van der Waals surface area contributed by atoms with Crippen molar-refractivity contribution in [2.45, 2.75) is 91.5 Å². The lowest BCUT2D eigenvalue weighted by Crippen LogP contribution is -2.37. The Bertz CT molecular complexity index is 2170. The molecule has 2 aliphatic rings. The number of H-pyrrole nitrogens is 2. The number of hydrogen-bond donors (Lipinski definition) is 2. The minimum atomic E-state index is -0.561. The van der Waals surface area contributed by atoms with E-state index in [1.54, 1.807) is 9.80 Å². The molecule has 2 N–H and O–H groups in total. The molecule has 10 heteroatoms. The summed E-state index contributed by atoms with van der Waals surface area (Å²) in [4.78, 5) is 46.5. The minimum absolute atomic E-state index is 0.165. The summed E-state index contributed by atoms with van der Waals surface area (Å²) in [6.07, 6.45) is 1.04. The highest BCUT2D eigenvalue weighted by Crippen LogP contribution is 2.38. The first-order valence-electron chi connectivity index (χ1n) is 17.5. The standard InChI is InChI=1S/C40H46N6O4/c1-23-17-32(45(21-23)37(47)49-39(3,4)5)35-41-29-15-12-26(20-31(29)43-35)10-9-25-11-14-28-27(19-25)13-16-30-34(28)44-36(42-30)33-18-24(2)22-46(33)38(48)50-40(6,7)8/h11-16,19-20,23-24,32-33H,17-18,21-22H2,1-8H3,(H,41,43)(H,42,44)/t23-,24-,32-,33-/m0/s1. The van der Waals surface area contributed by atoms with Crippen molar-refractivity contribution in [1.82, 2.24) is 29.7 Å². The van der Waals surface area contributed by atoms with Gasteiger partial charge < -0.3 is 19.4 Å². The molecule has 2 saturated heterocycles. The van der Waals surface area contributed by atoms with E-state index in [2.05, 4.69) is 53.9 Å². The number of hydrogen-bond acceptors (Lipinski definition) is 6. The SMILES string of the molecule is C[C@H]1C[C@@H](c2nc3ccc(C#Cc4ccc5c(ccc6[nH]c([C@@H]7C[C@H](C)CN7C(=O)OC(C)(C)C)nc65)c4)cc3[nH]2)N(C(=O)OC(C)(C)C)C1. The van der Waals surface area contributed by atoms with E-state index < -0.39 is 11.2 Å². The van der Waals surface area contributed by atoms with Crippen LogP contribution >= 0.6 is 0 Å². The molecule has 2 amide bonds. The van der Waals surface area contributed by atoms with Crippen molar-refractivity contribution in [2.24, 2.45) is 11.8 Å². The molecule has 4 heterocycles. The number of carbonyl (C=O) groups is 2. The van der Waals surface area contributed by atoms with Gasteiger partial charge in [-0.15, -0.1) is 0 Å². The maximum absolute atomic E-state index is 13.0. The number of benzene rings is 3. The number of rotatable bonds is 2. The summed E-state index contributed by atoms with van der Waals surface area (Å²) in [5, 5.41) is 2.07. The molecular weight excluding hydrogens is 628 g/mol. The normalized spacial score (nSPS) is 21.2. The summed E-state index contributed by atoms with van der Waals surface area (Å²) in [6.45, 7) is 16.9. The Kier molecular flexibility index (Phi) is 8.28. The van der Waals surface area contributed by atoms with Crippen molar-refractivity contribution in [3.05, 3.63) is 71.3 Å². The second-order valence-electron chi connectivity index (χ2n) is 16.1. The van der Waals surface area contributed by atoms with Gasteiger partial charge in [0.05, 0.1) is 34.2 Å². The first kappa shape index (κ1) is 33.5. The minimum Gasteiger partial charge on any atom is -0.444 e. The van der Waals surface area contributed by atoms with Crippen LogP contribution in [0.25, 0.3) is 32.8 Å². The maximum atomic E-state index is 13.0. The number of fused-ring (bicyclic) bond motifs is 4. The molecule has 0 bridgehead atoms. The van der Waals surface area contributed by atoms with Gasteiger partial charge in [-0.1, -0.05) is 37.8 Å². The van der Waals surface area contributed by atoms with Crippen LogP contribution in [-0.2, 0) is 9.47 Å². The van der Waals surface area contributed by atoms with Crippen molar-refractivity contribution < 1.29 is 19.1 Å². The van der Waals surface area contributed by atoms with Crippen LogP contribution in [0.4, 0.5) is 9.59 Å². The molecule has 10 nitrogen and oxygen atoms in total. The maximum Gasteiger partial charge on any atom is 0.410 e. The first-order chi connectivity index (χ1) is 23.6. The van der Waals surface area contributed by atoms with Gasteiger partial charge in [-0.2, -0.15) is 0 Å². The topological polar surface area (TPSA) is 116 Å². The van der Waals surface area contributed by atoms with Crippen LogP contribution in [0, 0.1) is 23.7 Å². The van der Waals surface area contributed by atoms with Gasteiger partial charge in [0.25, 0.3) is 0 Å². The Hall–Kier alpha value is -5.04. The van der Waals surface area contributed by atoms with Gasteiger partial charge in [-0.25, -0.2) is 19.6 Å². The number of nitrogens with one attached hydrogen (secondary N) is 2. The number of carbonyl (C=O) groups excluding carboxylic acids is 2. The van der Waals surface area contributed by atoms with Crippen molar-refractivity contribution in [1.29, 1.82) is 0 Å². The summed E-state index contributed by atoms with van der Waals surface area (Å²) in [6, 6.07) is 15.9. The lowest BCUT2D eigenvalue weighted by molar-refractivity contribution is 0.0204. The zero-order chi connectivity index (χ0) is 35.5.